The minimum Gasteiger partial charge on any atom is -0.383 e. The third-order valence-corrected chi connectivity index (χ3v) is 4.11. The first-order valence-corrected chi connectivity index (χ1v) is 6.06. The highest BCUT2D eigenvalue weighted by molar-refractivity contribution is 7.89. The van der Waals surface area contributed by atoms with Crippen LogP contribution in [0.15, 0.2) is 11.1 Å². The van der Waals surface area contributed by atoms with Gasteiger partial charge in [0.2, 0.25) is 10.0 Å². The number of rotatable bonds is 3. The largest absolute Gasteiger partial charge is 0.407 e. The molecule has 1 saturated carbocycles. The average Bonchev–Trinajstić information content (AvgIpc) is 2.79. The Hall–Kier alpha value is -1.29. The molecule has 1 aliphatic carbocycles. The summed E-state index contributed by atoms with van der Waals surface area (Å²) in [6.45, 7) is 0. The maximum absolute atomic E-state index is 12.6. The van der Waals surface area contributed by atoms with Gasteiger partial charge in [0.05, 0.1) is 6.20 Å². The normalized spacial score (nSPS) is 19.2. The van der Waals surface area contributed by atoms with Gasteiger partial charge in [0.15, 0.2) is 0 Å². The van der Waals surface area contributed by atoms with Crippen LogP contribution in [0.3, 0.4) is 0 Å². The molecule has 0 unspecified atom stereocenters. The van der Waals surface area contributed by atoms with Crippen LogP contribution in [0.5, 0.6) is 0 Å². The Labute approximate surface area is 94.4 Å². The van der Waals surface area contributed by atoms with Gasteiger partial charge < -0.3 is 5.73 Å². The van der Waals surface area contributed by atoms with Crippen LogP contribution in [-0.4, -0.2) is 30.3 Å². The third kappa shape index (κ3) is 1.97. The lowest BCUT2D eigenvalue weighted by molar-refractivity contribution is -0.160. The number of alkyl halides is 3. The molecule has 17 heavy (non-hydrogen) atoms. The zero-order chi connectivity index (χ0) is 12.9. The molecule has 0 bridgehead atoms. The summed E-state index contributed by atoms with van der Waals surface area (Å²) in [6, 6.07) is 0. The van der Waals surface area contributed by atoms with E-state index in [9.17, 15) is 21.6 Å². The van der Waals surface area contributed by atoms with E-state index in [1.165, 1.54) is 0 Å². The molecule has 96 valence electrons. The smallest absolute Gasteiger partial charge is 0.383 e. The molecule has 2 rings (SSSR count). The van der Waals surface area contributed by atoms with E-state index in [0.717, 1.165) is 6.20 Å². The van der Waals surface area contributed by atoms with Crippen molar-refractivity contribution in [1.82, 2.24) is 14.9 Å². The summed E-state index contributed by atoms with van der Waals surface area (Å²) in [7, 11) is -4.31. The van der Waals surface area contributed by atoms with E-state index in [1.54, 1.807) is 4.72 Å². The van der Waals surface area contributed by atoms with Crippen molar-refractivity contribution in [3.05, 3.63) is 6.20 Å². The molecule has 0 spiro atoms. The lowest BCUT2D eigenvalue weighted by atomic mass is 10.3. The van der Waals surface area contributed by atoms with Crippen LogP contribution in [0, 0.1) is 0 Å². The SMILES string of the molecule is Nc1[nH]ncc1S(=O)(=O)NC1(C(F)(F)F)CC1. The second-order valence-corrected chi connectivity index (χ2v) is 5.48. The van der Waals surface area contributed by atoms with Crippen molar-refractivity contribution in [2.24, 2.45) is 0 Å². The maximum atomic E-state index is 12.6. The molecule has 6 nitrogen and oxygen atoms in total. The summed E-state index contributed by atoms with van der Waals surface area (Å²) in [5.74, 6) is -0.296. The van der Waals surface area contributed by atoms with Gasteiger partial charge in [-0.25, -0.2) is 8.42 Å². The molecular formula is C7H9F3N4O2S. The fraction of sp³-hybridized carbons (Fsp3) is 0.571. The van der Waals surface area contributed by atoms with Crippen LogP contribution in [0.25, 0.3) is 0 Å². The third-order valence-electron chi connectivity index (χ3n) is 2.54. The average molecular weight is 270 g/mol. The summed E-state index contributed by atoms with van der Waals surface area (Å²) in [4.78, 5) is -0.479. The number of aromatic nitrogens is 2. The van der Waals surface area contributed by atoms with Crippen LogP contribution in [0.4, 0.5) is 19.0 Å². The van der Waals surface area contributed by atoms with Gasteiger partial charge in [-0.1, -0.05) is 0 Å². The minimum atomic E-state index is -4.61. The van der Waals surface area contributed by atoms with Crippen molar-refractivity contribution in [3.8, 4) is 0 Å². The van der Waals surface area contributed by atoms with Crippen LogP contribution in [0.1, 0.15) is 12.8 Å². The fourth-order valence-corrected chi connectivity index (χ4v) is 2.85. The molecule has 10 heteroatoms. The molecular weight excluding hydrogens is 261 g/mol. The van der Waals surface area contributed by atoms with Crippen LogP contribution in [0.2, 0.25) is 0 Å². The van der Waals surface area contributed by atoms with Gasteiger partial charge in [-0.3, -0.25) is 5.10 Å². The van der Waals surface area contributed by atoms with E-state index in [2.05, 4.69) is 10.2 Å². The Morgan fingerprint density at radius 2 is 2.06 bits per heavy atom. The maximum Gasteiger partial charge on any atom is 0.407 e. The van der Waals surface area contributed by atoms with Gasteiger partial charge in [-0.15, -0.1) is 0 Å². The molecule has 1 fully saturated rings. The number of sulfonamides is 1. The molecule has 0 radical (unpaired) electrons. The first kappa shape index (κ1) is 12.2. The number of aromatic amines is 1. The van der Waals surface area contributed by atoms with E-state index in [1.807, 2.05) is 0 Å². The van der Waals surface area contributed by atoms with Crippen molar-refractivity contribution in [2.45, 2.75) is 29.5 Å². The van der Waals surface area contributed by atoms with Crippen LogP contribution >= 0.6 is 0 Å². The highest BCUT2D eigenvalue weighted by Crippen LogP contribution is 2.49. The Kier molecular flexibility index (Phi) is 2.40. The van der Waals surface area contributed by atoms with E-state index < -0.39 is 26.6 Å². The zero-order valence-corrected chi connectivity index (χ0v) is 9.19. The number of hydrogen-bond donors (Lipinski definition) is 3. The second kappa shape index (κ2) is 3.35. The summed E-state index contributed by atoms with van der Waals surface area (Å²) in [6.07, 6.45) is -4.29. The number of nitrogens with two attached hydrogens (primary N) is 1. The van der Waals surface area contributed by atoms with Crippen molar-refractivity contribution < 1.29 is 21.6 Å². The molecule has 1 heterocycles. The van der Waals surface area contributed by atoms with Crippen molar-refractivity contribution in [3.63, 3.8) is 0 Å². The Balaban J connectivity index is 2.29. The molecule has 0 saturated heterocycles. The van der Waals surface area contributed by atoms with Gasteiger partial charge in [-0.05, 0) is 12.8 Å². The molecule has 4 N–H and O–H groups in total. The highest BCUT2D eigenvalue weighted by Gasteiger charge is 2.65. The first-order chi connectivity index (χ1) is 7.68. The first-order valence-electron chi connectivity index (χ1n) is 4.57. The Bertz CT molecular complexity index is 532. The zero-order valence-electron chi connectivity index (χ0n) is 8.37. The van der Waals surface area contributed by atoms with Crippen LogP contribution < -0.4 is 10.5 Å². The van der Waals surface area contributed by atoms with E-state index in [0.29, 0.717) is 0 Å². The Morgan fingerprint density at radius 3 is 2.41 bits per heavy atom. The number of halogens is 3. The lowest BCUT2D eigenvalue weighted by Gasteiger charge is -2.20. The Morgan fingerprint density at radius 1 is 1.47 bits per heavy atom. The topological polar surface area (TPSA) is 101 Å². The lowest BCUT2D eigenvalue weighted by Crippen LogP contribution is -2.47. The molecule has 0 aliphatic heterocycles. The van der Waals surface area contributed by atoms with Gasteiger partial charge in [0.1, 0.15) is 16.3 Å². The molecule has 1 aromatic heterocycles. The van der Waals surface area contributed by atoms with Gasteiger partial charge in [-0.2, -0.15) is 23.0 Å². The summed E-state index contributed by atoms with van der Waals surface area (Å²) in [5, 5.41) is 5.50. The summed E-state index contributed by atoms with van der Waals surface area (Å²) < 4.78 is 62.7. The number of nitrogens with one attached hydrogen (secondary N) is 2. The van der Waals surface area contributed by atoms with Crippen LogP contribution in [-0.2, 0) is 10.0 Å². The number of anilines is 1. The van der Waals surface area contributed by atoms with Crippen molar-refractivity contribution >= 4 is 15.8 Å². The van der Waals surface area contributed by atoms with E-state index >= 15 is 0 Å². The second-order valence-electron chi connectivity index (χ2n) is 3.83. The summed E-state index contributed by atoms with van der Waals surface area (Å²) >= 11 is 0. The monoisotopic (exact) mass is 270 g/mol. The number of nitrogen functional groups attached to an aromatic ring is 1. The predicted octanol–water partition coefficient (Wildman–Crippen LogP) is 0.365. The molecule has 1 aromatic rings. The fourth-order valence-electron chi connectivity index (χ4n) is 1.38. The molecule has 0 amide bonds. The van der Waals surface area contributed by atoms with Gasteiger partial charge >= 0.3 is 6.18 Å². The van der Waals surface area contributed by atoms with Crippen molar-refractivity contribution in [1.29, 1.82) is 0 Å². The highest BCUT2D eigenvalue weighted by atomic mass is 32.2. The van der Waals surface area contributed by atoms with E-state index in [4.69, 9.17) is 5.73 Å². The minimum absolute atomic E-state index is 0.270. The molecule has 0 aromatic carbocycles. The van der Waals surface area contributed by atoms with E-state index in [-0.39, 0.29) is 18.7 Å². The standard InChI is InChI=1S/C7H9F3N4O2S/c8-7(9,10)6(1-2-6)14-17(15,16)4-3-12-13-5(4)11/h3,14H,1-2H2,(H3,11,12,13). The summed E-state index contributed by atoms with van der Waals surface area (Å²) in [5.41, 5.74) is 2.90. The van der Waals surface area contributed by atoms with Gasteiger partial charge in [0, 0.05) is 0 Å². The number of hydrogen-bond acceptors (Lipinski definition) is 4. The number of nitrogens with zero attached hydrogens (tertiary/aromatic N) is 1. The molecule has 0 atom stereocenters. The number of H-pyrrole nitrogens is 1. The predicted molar refractivity (Wildman–Crippen MR) is 51.3 cm³/mol. The molecule has 1 aliphatic rings. The van der Waals surface area contributed by atoms with Crippen molar-refractivity contribution in [2.75, 3.05) is 5.73 Å². The quantitative estimate of drug-likeness (QED) is 0.738. The van der Waals surface area contributed by atoms with Gasteiger partial charge in [0.25, 0.3) is 0 Å².